The SMILES string of the molecule is O=S1(=O)CCN(Cc2cc3c(c4ncccc24)OCN(Cc2cccnc2)C3)CC1. The molecule has 0 amide bonds. The molecule has 0 unspecified atom stereocenters. The third kappa shape index (κ3) is 4.03. The maximum Gasteiger partial charge on any atom is 0.152 e. The smallest absolute Gasteiger partial charge is 0.152 e. The number of hydrogen-bond donors (Lipinski definition) is 0. The fraction of sp³-hybridized carbons (Fsp3) is 0.364. The van der Waals surface area contributed by atoms with Gasteiger partial charge in [-0.2, -0.15) is 0 Å². The highest BCUT2D eigenvalue weighted by Crippen LogP contribution is 2.35. The van der Waals surface area contributed by atoms with Gasteiger partial charge in [-0.15, -0.1) is 0 Å². The number of ether oxygens (including phenoxy) is 1. The fourth-order valence-corrected chi connectivity index (χ4v) is 5.48. The first-order valence-corrected chi connectivity index (χ1v) is 12.0. The van der Waals surface area contributed by atoms with E-state index in [1.807, 2.05) is 18.3 Å². The molecule has 0 spiro atoms. The van der Waals surface area contributed by atoms with Crippen molar-refractivity contribution in [3.63, 3.8) is 0 Å². The first kappa shape index (κ1) is 19.4. The topological polar surface area (TPSA) is 75.6 Å². The lowest BCUT2D eigenvalue weighted by molar-refractivity contribution is 0.0899. The Balaban J connectivity index is 1.43. The van der Waals surface area contributed by atoms with Crippen molar-refractivity contribution in [3.05, 3.63) is 65.6 Å². The van der Waals surface area contributed by atoms with Crippen molar-refractivity contribution in [2.45, 2.75) is 19.6 Å². The lowest BCUT2D eigenvalue weighted by Crippen LogP contribution is -2.39. The molecular formula is C22H24N4O3S. The zero-order valence-electron chi connectivity index (χ0n) is 16.7. The number of aromatic nitrogens is 2. The predicted molar refractivity (Wildman–Crippen MR) is 115 cm³/mol. The Morgan fingerprint density at radius 3 is 2.67 bits per heavy atom. The van der Waals surface area contributed by atoms with Crippen LogP contribution in [0.4, 0.5) is 0 Å². The Labute approximate surface area is 176 Å². The summed E-state index contributed by atoms with van der Waals surface area (Å²) >= 11 is 0. The number of nitrogens with zero attached hydrogens (tertiary/aromatic N) is 4. The van der Waals surface area contributed by atoms with E-state index in [9.17, 15) is 8.42 Å². The van der Waals surface area contributed by atoms with Gasteiger partial charge in [-0.1, -0.05) is 12.1 Å². The number of rotatable bonds is 4. The average Bonchev–Trinajstić information content (AvgIpc) is 2.76. The molecule has 1 fully saturated rings. The third-order valence-electron chi connectivity index (χ3n) is 5.75. The van der Waals surface area contributed by atoms with Crippen molar-refractivity contribution in [1.82, 2.24) is 19.8 Å². The molecule has 0 aliphatic carbocycles. The van der Waals surface area contributed by atoms with Crippen molar-refractivity contribution in [2.24, 2.45) is 0 Å². The molecular weight excluding hydrogens is 400 g/mol. The van der Waals surface area contributed by atoms with Crippen LogP contribution in [-0.4, -0.2) is 59.5 Å². The van der Waals surface area contributed by atoms with Crippen LogP contribution in [0.15, 0.2) is 48.9 Å². The van der Waals surface area contributed by atoms with Gasteiger partial charge in [-0.05, 0) is 29.3 Å². The van der Waals surface area contributed by atoms with Gasteiger partial charge in [0.25, 0.3) is 0 Å². The molecule has 1 aromatic carbocycles. The van der Waals surface area contributed by atoms with Gasteiger partial charge in [0.05, 0.1) is 11.5 Å². The Morgan fingerprint density at radius 2 is 1.87 bits per heavy atom. The van der Waals surface area contributed by atoms with Crippen molar-refractivity contribution < 1.29 is 13.2 Å². The summed E-state index contributed by atoms with van der Waals surface area (Å²) in [7, 11) is -2.89. The maximum absolute atomic E-state index is 11.8. The van der Waals surface area contributed by atoms with E-state index < -0.39 is 9.84 Å². The number of hydrogen-bond acceptors (Lipinski definition) is 7. The highest BCUT2D eigenvalue weighted by molar-refractivity contribution is 7.91. The molecule has 2 aliphatic rings. The minimum Gasteiger partial charge on any atom is -0.475 e. The minimum absolute atomic E-state index is 0.232. The first-order chi connectivity index (χ1) is 14.6. The molecule has 0 radical (unpaired) electrons. The van der Waals surface area contributed by atoms with Crippen LogP contribution in [0.25, 0.3) is 10.9 Å². The summed E-state index contributed by atoms with van der Waals surface area (Å²) in [5.41, 5.74) is 4.33. The van der Waals surface area contributed by atoms with E-state index in [0.717, 1.165) is 40.9 Å². The molecule has 30 heavy (non-hydrogen) atoms. The van der Waals surface area contributed by atoms with Gasteiger partial charge >= 0.3 is 0 Å². The highest BCUT2D eigenvalue weighted by atomic mass is 32.2. The maximum atomic E-state index is 11.8. The second kappa shape index (κ2) is 7.94. The van der Waals surface area contributed by atoms with Crippen LogP contribution in [0.5, 0.6) is 5.75 Å². The van der Waals surface area contributed by atoms with Gasteiger partial charge in [-0.3, -0.25) is 19.8 Å². The molecule has 3 aromatic rings. The van der Waals surface area contributed by atoms with Gasteiger partial charge in [0.1, 0.15) is 12.2 Å². The van der Waals surface area contributed by atoms with E-state index in [1.54, 1.807) is 12.4 Å². The van der Waals surface area contributed by atoms with E-state index in [2.05, 4.69) is 38.0 Å². The van der Waals surface area contributed by atoms with Crippen LogP contribution < -0.4 is 4.74 Å². The Kier molecular flexibility index (Phi) is 5.14. The monoisotopic (exact) mass is 424 g/mol. The number of fused-ring (bicyclic) bond motifs is 3. The van der Waals surface area contributed by atoms with Crippen LogP contribution in [0.3, 0.4) is 0 Å². The first-order valence-electron chi connectivity index (χ1n) is 10.1. The van der Waals surface area contributed by atoms with Crippen LogP contribution in [0, 0.1) is 0 Å². The molecule has 7 nitrogen and oxygen atoms in total. The summed E-state index contributed by atoms with van der Waals surface area (Å²) in [6.07, 6.45) is 5.46. The average molecular weight is 425 g/mol. The van der Waals surface area contributed by atoms with Crippen molar-refractivity contribution in [3.8, 4) is 5.75 Å². The van der Waals surface area contributed by atoms with E-state index in [1.165, 1.54) is 5.56 Å². The van der Waals surface area contributed by atoms with Crippen molar-refractivity contribution in [1.29, 1.82) is 0 Å². The summed E-state index contributed by atoms with van der Waals surface area (Å²) in [5.74, 6) is 1.32. The van der Waals surface area contributed by atoms with E-state index in [-0.39, 0.29) is 11.5 Å². The summed E-state index contributed by atoms with van der Waals surface area (Å²) < 4.78 is 29.7. The van der Waals surface area contributed by atoms with Gasteiger partial charge < -0.3 is 4.74 Å². The largest absolute Gasteiger partial charge is 0.475 e. The highest BCUT2D eigenvalue weighted by Gasteiger charge is 2.25. The molecule has 5 rings (SSSR count). The van der Waals surface area contributed by atoms with Gasteiger partial charge in [-0.25, -0.2) is 8.42 Å². The fourth-order valence-electron chi connectivity index (χ4n) is 4.20. The number of pyridine rings is 2. The molecule has 8 heteroatoms. The van der Waals surface area contributed by atoms with Crippen LogP contribution in [0.2, 0.25) is 0 Å². The normalized spacial score (nSPS) is 19.3. The summed E-state index contributed by atoms with van der Waals surface area (Å²) in [6, 6.07) is 10.2. The molecule has 4 heterocycles. The Hall–Kier alpha value is -2.55. The minimum atomic E-state index is -2.89. The number of benzene rings is 1. The van der Waals surface area contributed by atoms with Crippen molar-refractivity contribution >= 4 is 20.7 Å². The zero-order chi connectivity index (χ0) is 20.6. The summed E-state index contributed by atoms with van der Waals surface area (Å²) in [4.78, 5) is 13.3. The lowest BCUT2D eigenvalue weighted by Gasteiger charge is -2.31. The van der Waals surface area contributed by atoms with E-state index in [0.29, 0.717) is 26.4 Å². The second-order valence-corrected chi connectivity index (χ2v) is 10.3. The quantitative estimate of drug-likeness (QED) is 0.636. The molecule has 0 N–H and O–H groups in total. The zero-order valence-corrected chi connectivity index (χ0v) is 17.5. The van der Waals surface area contributed by atoms with Gasteiger partial charge in [0, 0.05) is 62.3 Å². The second-order valence-electron chi connectivity index (χ2n) is 7.97. The van der Waals surface area contributed by atoms with Crippen LogP contribution in [0.1, 0.15) is 16.7 Å². The molecule has 1 saturated heterocycles. The van der Waals surface area contributed by atoms with Gasteiger partial charge in [0.2, 0.25) is 0 Å². The molecule has 0 atom stereocenters. The number of sulfone groups is 1. The standard InChI is InChI=1S/C22H24N4O3S/c27-30(28)9-7-25(8-10-30)14-18-11-19-15-26(13-17-3-1-5-23-12-17)16-29-22(19)21-20(18)4-2-6-24-21/h1-6,11-12H,7-10,13-16H2. The van der Waals surface area contributed by atoms with E-state index in [4.69, 9.17) is 4.74 Å². The Bertz CT molecular complexity index is 1150. The third-order valence-corrected chi connectivity index (χ3v) is 7.36. The van der Waals surface area contributed by atoms with Crippen LogP contribution >= 0.6 is 0 Å². The van der Waals surface area contributed by atoms with Crippen LogP contribution in [-0.2, 0) is 29.5 Å². The lowest BCUT2D eigenvalue weighted by atomic mass is 10.0. The van der Waals surface area contributed by atoms with Crippen molar-refractivity contribution in [2.75, 3.05) is 31.3 Å². The molecule has 2 aromatic heterocycles. The predicted octanol–water partition coefficient (Wildman–Crippen LogP) is 2.21. The molecule has 0 saturated carbocycles. The molecule has 156 valence electrons. The van der Waals surface area contributed by atoms with E-state index >= 15 is 0 Å². The summed E-state index contributed by atoms with van der Waals surface area (Å²) in [5, 5.41) is 1.07. The molecule has 0 bridgehead atoms. The molecule has 2 aliphatic heterocycles. The van der Waals surface area contributed by atoms with Gasteiger partial charge in [0.15, 0.2) is 15.6 Å². The Morgan fingerprint density at radius 1 is 1.03 bits per heavy atom. The summed E-state index contributed by atoms with van der Waals surface area (Å²) in [6.45, 7) is 3.92.